The second-order valence-electron chi connectivity index (χ2n) is 5.62. The van der Waals surface area contributed by atoms with Crippen molar-refractivity contribution in [3.05, 3.63) is 35.4 Å². The van der Waals surface area contributed by atoms with Crippen LogP contribution in [0.1, 0.15) is 45.2 Å². The standard InChI is InChI=1S/C16H28N2/c1-6-16(3,4)18(5)13-15-10-8-9-14(11-15)12-17-7-2/h8-11,17H,6-7,12-13H2,1-5H3. The van der Waals surface area contributed by atoms with Gasteiger partial charge in [-0.1, -0.05) is 38.1 Å². The van der Waals surface area contributed by atoms with Crippen LogP contribution in [0.3, 0.4) is 0 Å². The minimum atomic E-state index is 0.262. The molecule has 0 amide bonds. The van der Waals surface area contributed by atoms with Crippen LogP contribution < -0.4 is 5.32 Å². The van der Waals surface area contributed by atoms with Crippen LogP contribution in [0, 0.1) is 0 Å². The SMILES string of the molecule is CCNCc1cccc(CN(C)C(C)(C)CC)c1. The molecule has 0 aliphatic rings. The molecule has 0 atom stereocenters. The molecular weight excluding hydrogens is 220 g/mol. The molecule has 1 rings (SSSR count). The Bertz CT molecular complexity index is 358. The van der Waals surface area contributed by atoms with Crippen LogP contribution in [0.15, 0.2) is 24.3 Å². The topological polar surface area (TPSA) is 15.3 Å². The average molecular weight is 248 g/mol. The lowest BCUT2D eigenvalue weighted by atomic mass is 9.99. The molecule has 1 aromatic rings. The molecule has 1 N–H and O–H groups in total. The molecule has 0 radical (unpaired) electrons. The highest BCUT2D eigenvalue weighted by Crippen LogP contribution is 2.19. The Morgan fingerprint density at radius 3 is 2.44 bits per heavy atom. The zero-order valence-electron chi connectivity index (χ0n) is 12.6. The van der Waals surface area contributed by atoms with Crippen molar-refractivity contribution in [3.8, 4) is 0 Å². The molecular formula is C16H28N2. The van der Waals surface area contributed by atoms with Crippen molar-refractivity contribution in [1.82, 2.24) is 10.2 Å². The summed E-state index contributed by atoms with van der Waals surface area (Å²) in [5.41, 5.74) is 3.03. The van der Waals surface area contributed by atoms with Gasteiger partial charge in [-0.2, -0.15) is 0 Å². The van der Waals surface area contributed by atoms with Gasteiger partial charge in [-0.25, -0.2) is 0 Å². The molecule has 0 saturated heterocycles. The number of nitrogens with one attached hydrogen (secondary N) is 1. The van der Waals surface area contributed by atoms with E-state index in [0.717, 1.165) is 19.6 Å². The molecule has 0 aromatic heterocycles. The van der Waals surface area contributed by atoms with Gasteiger partial charge >= 0.3 is 0 Å². The van der Waals surface area contributed by atoms with E-state index in [1.54, 1.807) is 0 Å². The third-order valence-corrected chi connectivity index (χ3v) is 3.89. The summed E-state index contributed by atoms with van der Waals surface area (Å²) in [6, 6.07) is 8.88. The Hall–Kier alpha value is -0.860. The van der Waals surface area contributed by atoms with Crippen LogP contribution in [0.2, 0.25) is 0 Å². The first kappa shape index (κ1) is 15.2. The van der Waals surface area contributed by atoms with Crippen molar-refractivity contribution < 1.29 is 0 Å². The summed E-state index contributed by atoms with van der Waals surface area (Å²) in [5, 5.41) is 3.37. The molecule has 1 aromatic carbocycles. The van der Waals surface area contributed by atoms with E-state index in [1.807, 2.05) is 0 Å². The summed E-state index contributed by atoms with van der Waals surface area (Å²) < 4.78 is 0. The van der Waals surface area contributed by atoms with Gasteiger partial charge in [-0.05, 0) is 45.0 Å². The highest BCUT2D eigenvalue weighted by atomic mass is 15.2. The maximum Gasteiger partial charge on any atom is 0.0236 e. The van der Waals surface area contributed by atoms with E-state index >= 15 is 0 Å². The summed E-state index contributed by atoms with van der Waals surface area (Å²) in [4.78, 5) is 2.43. The van der Waals surface area contributed by atoms with Gasteiger partial charge in [0.05, 0.1) is 0 Å². The van der Waals surface area contributed by atoms with Crippen molar-refractivity contribution in [2.24, 2.45) is 0 Å². The maximum atomic E-state index is 3.37. The van der Waals surface area contributed by atoms with E-state index in [4.69, 9.17) is 0 Å². The number of hydrogen-bond acceptors (Lipinski definition) is 2. The Morgan fingerprint density at radius 2 is 1.83 bits per heavy atom. The van der Waals surface area contributed by atoms with E-state index in [9.17, 15) is 0 Å². The smallest absolute Gasteiger partial charge is 0.0236 e. The lowest BCUT2D eigenvalue weighted by Crippen LogP contribution is -2.39. The van der Waals surface area contributed by atoms with Crippen molar-refractivity contribution >= 4 is 0 Å². The molecule has 18 heavy (non-hydrogen) atoms. The second-order valence-corrected chi connectivity index (χ2v) is 5.62. The van der Waals surface area contributed by atoms with Gasteiger partial charge in [-0.3, -0.25) is 4.90 Å². The zero-order valence-corrected chi connectivity index (χ0v) is 12.6. The highest BCUT2D eigenvalue weighted by molar-refractivity contribution is 5.23. The Labute approximate surface area is 112 Å². The van der Waals surface area contributed by atoms with Crippen LogP contribution >= 0.6 is 0 Å². The molecule has 2 heteroatoms. The summed E-state index contributed by atoms with van der Waals surface area (Å²) >= 11 is 0. The van der Waals surface area contributed by atoms with Crippen molar-refractivity contribution in [2.75, 3.05) is 13.6 Å². The maximum absolute atomic E-state index is 3.37. The minimum absolute atomic E-state index is 0.262. The fourth-order valence-corrected chi connectivity index (χ4v) is 1.87. The van der Waals surface area contributed by atoms with E-state index in [1.165, 1.54) is 17.5 Å². The zero-order chi connectivity index (χ0) is 13.6. The van der Waals surface area contributed by atoms with Crippen LogP contribution in [0.4, 0.5) is 0 Å². The Kier molecular flexibility index (Phi) is 5.83. The molecule has 0 bridgehead atoms. The van der Waals surface area contributed by atoms with E-state index in [2.05, 4.69) is 69.2 Å². The molecule has 0 aliphatic heterocycles. The van der Waals surface area contributed by atoms with Gasteiger partial charge in [0.25, 0.3) is 0 Å². The largest absolute Gasteiger partial charge is 0.313 e. The minimum Gasteiger partial charge on any atom is -0.313 e. The summed E-state index contributed by atoms with van der Waals surface area (Å²) in [6.45, 7) is 12.0. The quantitative estimate of drug-likeness (QED) is 0.795. The van der Waals surface area contributed by atoms with Crippen molar-refractivity contribution in [1.29, 1.82) is 0 Å². The summed E-state index contributed by atoms with van der Waals surface area (Å²) in [7, 11) is 2.21. The van der Waals surface area contributed by atoms with Gasteiger partial charge in [0.1, 0.15) is 0 Å². The van der Waals surface area contributed by atoms with Crippen LogP contribution in [-0.2, 0) is 13.1 Å². The number of hydrogen-bond donors (Lipinski definition) is 1. The van der Waals surface area contributed by atoms with E-state index in [-0.39, 0.29) is 5.54 Å². The van der Waals surface area contributed by atoms with Gasteiger partial charge in [0.2, 0.25) is 0 Å². The molecule has 0 unspecified atom stereocenters. The number of rotatable bonds is 7. The monoisotopic (exact) mass is 248 g/mol. The fourth-order valence-electron chi connectivity index (χ4n) is 1.87. The van der Waals surface area contributed by atoms with Gasteiger partial charge in [0.15, 0.2) is 0 Å². The molecule has 0 fully saturated rings. The number of nitrogens with zero attached hydrogens (tertiary/aromatic N) is 1. The molecule has 0 aliphatic carbocycles. The van der Waals surface area contributed by atoms with Gasteiger partial charge in [0, 0.05) is 18.6 Å². The Balaban J connectivity index is 2.67. The third-order valence-electron chi connectivity index (χ3n) is 3.89. The van der Waals surface area contributed by atoms with Gasteiger partial charge in [-0.15, -0.1) is 0 Å². The van der Waals surface area contributed by atoms with Crippen LogP contribution in [0.25, 0.3) is 0 Å². The summed E-state index contributed by atoms with van der Waals surface area (Å²) in [5.74, 6) is 0. The van der Waals surface area contributed by atoms with Crippen LogP contribution in [-0.4, -0.2) is 24.0 Å². The predicted octanol–water partition coefficient (Wildman–Crippen LogP) is 3.42. The normalized spacial score (nSPS) is 12.1. The second kappa shape index (κ2) is 6.91. The lowest BCUT2D eigenvalue weighted by molar-refractivity contribution is 0.143. The molecule has 0 spiro atoms. The van der Waals surface area contributed by atoms with Crippen molar-refractivity contribution in [3.63, 3.8) is 0 Å². The Morgan fingerprint density at radius 1 is 1.17 bits per heavy atom. The van der Waals surface area contributed by atoms with Crippen LogP contribution in [0.5, 0.6) is 0 Å². The lowest BCUT2D eigenvalue weighted by Gasteiger charge is -2.35. The molecule has 0 saturated carbocycles. The molecule has 0 heterocycles. The van der Waals surface area contributed by atoms with Crippen molar-refractivity contribution in [2.45, 2.75) is 52.7 Å². The van der Waals surface area contributed by atoms with E-state index in [0.29, 0.717) is 0 Å². The first-order chi connectivity index (χ1) is 8.49. The first-order valence-electron chi connectivity index (χ1n) is 6.99. The molecule has 102 valence electrons. The van der Waals surface area contributed by atoms with Gasteiger partial charge < -0.3 is 5.32 Å². The highest BCUT2D eigenvalue weighted by Gasteiger charge is 2.20. The summed E-state index contributed by atoms with van der Waals surface area (Å²) in [6.07, 6.45) is 1.17. The fraction of sp³-hybridized carbons (Fsp3) is 0.625. The first-order valence-corrected chi connectivity index (χ1v) is 6.99. The molecule has 2 nitrogen and oxygen atoms in total. The van der Waals surface area contributed by atoms with E-state index < -0.39 is 0 Å². The average Bonchev–Trinajstić information content (AvgIpc) is 2.36. The third kappa shape index (κ3) is 4.43. The predicted molar refractivity (Wildman–Crippen MR) is 79.7 cm³/mol. The number of benzene rings is 1.